The number of carboxylic acids is 1. The first-order valence-corrected chi connectivity index (χ1v) is 8.05. The van der Waals surface area contributed by atoms with Crippen LogP contribution in [0.5, 0.6) is 0 Å². The number of piperidine rings is 1. The molecule has 1 aliphatic rings. The fourth-order valence-corrected chi connectivity index (χ4v) is 3.57. The summed E-state index contributed by atoms with van der Waals surface area (Å²) in [5.74, 6) is -1.37. The van der Waals surface area contributed by atoms with Gasteiger partial charge in [0.2, 0.25) is 0 Å². The molecular formula is C12H24N2O5S. The summed E-state index contributed by atoms with van der Waals surface area (Å²) in [6, 6.07) is 0. The van der Waals surface area contributed by atoms with Gasteiger partial charge in [0.1, 0.15) is 0 Å². The average Bonchev–Trinajstić information content (AvgIpc) is 2.26. The number of hydrogen-bond donors (Lipinski definition) is 3. The predicted molar refractivity (Wildman–Crippen MR) is 74.4 cm³/mol. The van der Waals surface area contributed by atoms with Crippen LogP contribution in [0.3, 0.4) is 0 Å². The predicted octanol–water partition coefficient (Wildman–Crippen LogP) is 0.167. The lowest BCUT2D eigenvalue weighted by molar-refractivity contribution is -0.142. The van der Waals surface area contributed by atoms with E-state index in [1.54, 1.807) is 13.8 Å². The molecule has 1 saturated heterocycles. The van der Waals surface area contributed by atoms with Gasteiger partial charge in [0, 0.05) is 13.1 Å². The van der Waals surface area contributed by atoms with Crippen molar-refractivity contribution in [1.29, 1.82) is 0 Å². The van der Waals surface area contributed by atoms with Gasteiger partial charge in [-0.3, -0.25) is 4.79 Å². The Morgan fingerprint density at radius 2 is 1.65 bits per heavy atom. The number of carbonyl (C=O) groups is 1. The van der Waals surface area contributed by atoms with Crippen molar-refractivity contribution in [3.8, 4) is 0 Å². The van der Waals surface area contributed by atoms with E-state index in [0.717, 1.165) is 0 Å². The Morgan fingerprint density at radius 3 is 2.00 bits per heavy atom. The van der Waals surface area contributed by atoms with Crippen molar-refractivity contribution >= 4 is 16.2 Å². The number of nitrogens with one attached hydrogen (secondary N) is 1. The Labute approximate surface area is 120 Å². The fraction of sp³-hybridized carbons (Fsp3) is 0.917. The van der Waals surface area contributed by atoms with Crippen LogP contribution in [-0.4, -0.2) is 53.1 Å². The minimum absolute atomic E-state index is 0.175. The van der Waals surface area contributed by atoms with Crippen LogP contribution < -0.4 is 4.72 Å². The van der Waals surface area contributed by atoms with E-state index >= 15 is 0 Å². The molecule has 0 atom stereocenters. The van der Waals surface area contributed by atoms with Gasteiger partial charge in [-0.2, -0.15) is 17.4 Å². The molecule has 3 N–H and O–H groups in total. The summed E-state index contributed by atoms with van der Waals surface area (Å²) in [7, 11) is -3.74. The highest BCUT2D eigenvalue weighted by molar-refractivity contribution is 7.87. The molecule has 20 heavy (non-hydrogen) atoms. The summed E-state index contributed by atoms with van der Waals surface area (Å²) >= 11 is 0. The van der Waals surface area contributed by atoms with Crippen molar-refractivity contribution in [3.05, 3.63) is 0 Å². The molecule has 0 aromatic carbocycles. The molecule has 0 unspecified atom stereocenters. The van der Waals surface area contributed by atoms with Crippen molar-refractivity contribution in [3.63, 3.8) is 0 Å². The van der Waals surface area contributed by atoms with Gasteiger partial charge in [0.05, 0.1) is 17.1 Å². The van der Waals surface area contributed by atoms with Gasteiger partial charge < -0.3 is 10.2 Å². The third-order valence-corrected chi connectivity index (χ3v) is 5.87. The normalized spacial score (nSPS) is 20.1. The van der Waals surface area contributed by atoms with E-state index in [4.69, 9.17) is 5.11 Å². The standard InChI is InChI=1S/C12H24N2O5S/c1-11(2,12(3,4)17)13-20(18,19)14-7-5-9(6-8-14)10(15)16/h9,13,17H,5-8H2,1-4H3,(H,15,16). The van der Waals surface area contributed by atoms with Crippen molar-refractivity contribution in [2.75, 3.05) is 13.1 Å². The van der Waals surface area contributed by atoms with E-state index in [0.29, 0.717) is 12.8 Å². The zero-order valence-electron chi connectivity index (χ0n) is 12.4. The molecular weight excluding hydrogens is 284 g/mol. The van der Waals surface area contributed by atoms with Gasteiger partial charge in [-0.15, -0.1) is 0 Å². The van der Waals surface area contributed by atoms with Gasteiger partial charge in [0.15, 0.2) is 0 Å². The molecule has 1 rings (SSSR count). The number of hydrogen-bond acceptors (Lipinski definition) is 4. The van der Waals surface area contributed by atoms with E-state index in [2.05, 4.69) is 4.72 Å². The van der Waals surface area contributed by atoms with E-state index in [1.807, 2.05) is 0 Å². The SMILES string of the molecule is CC(C)(O)C(C)(C)NS(=O)(=O)N1CCC(C(=O)O)CC1. The first-order valence-electron chi connectivity index (χ1n) is 6.61. The fourth-order valence-electron chi connectivity index (χ4n) is 1.85. The number of nitrogens with zero attached hydrogens (tertiary/aromatic N) is 1. The first-order chi connectivity index (χ1) is 8.87. The molecule has 0 aromatic rings. The summed E-state index contributed by atoms with van der Waals surface area (Å²) in [4.78, 5) is 10.9. The van der Waals surface area contributed by atoms with Crippen LogP contribution in [-0.2, 0) is 15.0 Å². The maximum Gasteiger partial charge on any atom is 0.306 e. The Morgan fingerprint density at radius 1 is 1.20 bits per heavy atom. The number of carboxylic acid groups (broad SMARTS) is 1. The van der Waals surface area contributed by atoms with Crippen LogP contribution in [0.25, 0.3) is 0 Å². The van der Waals surface area contributed by atoms with Gasteiger partial charge in [-0.1, -0.05) is 0 Å². The Hall–Kier alpha value is -0.700. The highest BCUT2D eigenvalue weighted by atomic mass is 32.2. The molecule has 0 saturated carbocycles. The summed E-state index contributed by atoms with van der Waals surface area (Å²) in [6.07, 6.45) is 0.610. The molecule has 0 spiro atoms. The summed E-state index contributed by atoms with van der Waals surface area (Å²) in [6.45, 7) is 6.63. The smallest absolute Gasteiger partial charge is 0.306 e. The molecule has 1 heterocycles. The van der Waals surface area contributed by atoms with Crippen molar-refractivity contribution < 1.29 is 23.4 Å². The van der Waals surface area contributed by atoms with Crippen molar-refractivity contribution in [1.82, 2.24) is 9.03 Å². The lowest BCUT2D eigenvalue weighted by Crippen LogP contribution is -2.61. The molecule has 0 aliphatic carbocycles. The first kappa shape index (κ1) is 17.4. The Kier molecular flexibility index (Phi) is 4.85. The number of aliphatic carboxylic acids is 1. The van der Waals surface area contributed by atoms with Crippen molar-refractivity contribution in [2.24, 2.45) is 5.92 Å². The third kappa shape index (κ3) is 3.91. The van der Waals surface area contributed by atoms with Crippen LogP contribution in [0.15, 0.2) is 0 Å². The van der Waals surface area contributed by atoms with Crippen LogP contribution in [0.1, 0.15) is 40.5 Å². The van der Waals surface area contributed by atoms with Gasteiger partial charge >= 0.3 is 5.97 Å². The number of aliphatic hydroxyl groups is 1. The summed E-state index contributed by atoms with van der Waals surface area (Å²) < 4.78 is 28.3. The summed E-state index contributed by atoms with van der Waals surface area (Å²) in [5.41, 5.74) is -2.26. The molecule has 118 valence electrons. The third-order valence-electron chi connectivity index (χ3n) is 4.06. The van der Waals surface area contributed by atoms with Gasteiger partial charge in [-0.05, 0) is 40.5 Å². The lowest BCUT2D eigenvalue weighted by Gasteiger charge is -2.40. The van der Waals surface area contributed by atoms with E-state index in [-0.39, 0.29) is 13.1 Å². The molecule has 1 aliphatic heterocycles. The zero-order chi connectivity index (χ0) is 15.8. The maximum absolute atomic E-state index is 12.3. The lowest BCUT2D eigenvalue weighted by atomic mass is 9.87. The molecule has 0 radical (unpaired) electrons. The van der Waals surface area contributed by atoms with E-state index in [9.17, 15) is 18.3 Å². The topological polar surface area (TPSA) is 107 Å². The van der Waals surface area contributed by atoms with Crippen LogP contribution >= 0.6 is 0 Å². The second-order valence-corrected chi connectivity index (χ2v) is 7.97. The minimum atomic E-state index is -3.74. The molecule has 1 fully saturated rings. The monoisotopic (exact) mass is 308 g/mol. The maximum atomic E-state index is 12.3. The van der Waals surface area contributed by atoms with Gasteiger partial charge in [-0.25, -0.2) is 0 Å². The zero-order valence-corrected chi connectivity index (χ0v) is 13.2. The molecule has 8 heteroatoms. The second-order valence-electron chi connectivity index (χ2n) is 6.30. The Balaban J connectivity index is 2.75. The van der Waals surface area contributed by atoms with Crippen molar-refractivity contribution in [2.45, 2.75) is 51.7 Å². The van der Waals surface area contributed by atoms with Gasteiger partial charge in [0.25, 0.3) is 10.2 Å². The summed E-state index contributed by atoms with van der Waals surface area (Å²) in [5, 5.41) is 18.9. The Bertz CT molecular complexity index is 459. The molecule has 7 nitrogen and oxygen atoms in total. The van der Waals surface area contributed by atoms with Crippen LogP contribution in [0, 0.1) is 5.92 Å². The van der Waals surface area contributed by atoms with Crippen LogP contribution in [0.4, 0.5) is 0 Å². The minimum Gasteiger partial charge on any atom is -0.481 e. The highest BCUT2D eigenvalue weighted by Crippen LogP contribution is 2.24. The number of rotatable bonds is 5. The van der Waals surface area contributed by atoms with E-state index < -0.39 is 33.2 Å². The molecule has 0 aromatic heterocycles. The largest absolute Gasteiger partial charge is 0.481 e. The quantitative estimate of drug-likeness (QED) is 0.671. The highest BCUT2D eigenvalue weighted by Gasteiger charge is 2.41. The average molecular weight is 308 g/mol. The molecule has 0 amide bonds. The van der Waals surface area contributed by atoms with E-state index in [1.165, 1.54) is 18.2 Å². The van der Waals surface area contributed by atoms with Crippen LogP contribution in [0.2, 0.25) is 0 Å². The molecule has 0 bridgehead atoms. The second kappa shape index (κ2) is 5.59.